The maximum Gasteiger partial charge on any atom is 0.490 e. The van der Waals surface area contributed by atoms with Gasteiger partial charge in [-0.05, 0) is 6.07 Å². The van der Waals surface area contributed by atoms with Crippen LogP contribution in [0, 0.1) is 0 Å². The highest BCUT2D eigenvalue weighted by Gasteiger charge is 2.43. The molecule has 170 valence electrons. The molecule has 0 radical (unpaired) electrons. The molecule has 1 aliphatic heterocycles. The summed E-state index contributed by atoms with van der Waals surface area (Å²) < 4.78 is 101. The quantitative estimate of drug-likeness (QED) is 0.616. The average molecular weight is 465 g/mol. The second-order valence-corrected chi connectivity index (χ2v) is 7.78. The summed E-state index contributed by atoms with van der Waals surface area (Å²) in [6.07, 6.45) is -4.24. The van der Waals surface area contributed by atoms with E-state index in [2.05, 4.69) is 4.98 Å². The normalized spacial score (nSPS) is 17.2. The summed E-state index contributed by atoms with van der Waals surface area (Å²) in [5.74, 6) is -5.70. The lowest BCUT2D eigenvalue weighted by atomic mass is 10.3. The Balaban J connectivity index is 0.000000553. The summed E-state index contributed by atoms with van der Waals surface area (Å²) >= 11 is 0. The number of sulfonamides is 1. The summed E-state index contributed by atoms with van der Waals surface area (Å²) in [5.41, 5.74) is 5.48. The zero-order valence-electron chi connectivity index (χ0n) is 15.1. The highest BCUT2D eigenvalue weighted by molar-refractivity contribution is 7.89. The van der Waals surface area contributed by atoms with Crippen molar-refractivity contribution < 1.29 is 49.4 Å². The molecule has 0 atom stereocenters. The molecule has 8 nitrogen and oxygen atoms in total. The van der Waals surface area contributed by atoms with E-state index in [-0.39, 0.29) is 36.0 Å². The van der Waals surface area contributed by atoms with Crippen molar-refractivity contribution in [3.05, 3.63) is 30.2 Å². The summed E-state index contributed by atoms with van der Waals surface area (Å²) in [7, 11) is -4.02. The Bertz CT molecular complexity index is 859. The molecule has 0 aliphatic carbocycles. The molecule has 1 aliphatic rings. The Hall–Kier alpha value is -2.39. The first-order chi connectivity index (χ1) is 13.7. The maximum absolute atomic E-state index is 13.2. The highest BCUT2D eigenvalue weighted by atomic mass is 32.2. The number of carbonyl (C=O) groups is 1. The van der Waals surface area contributed by atoms with Gasteiger partial charge in [-0.25, -0.2) is 31.4 Å². The number of carboxylic acids is 1. The Morgan fingerprint density at radius 3 is 2.33 bits per heavy atom. The summed E-state index contributed by atoms with van der Waals surface area (Å²) in [4.78, 5) is 12.5. The summed E-state index contributed by atoms with van der Waals surface area (Å²) in [5, 5.41) is 7.12. The molecular formula is C15H17F6N3O5S. The molecule has 0 aromatic carbocycles. The van der Waals surface area contributed by atoms with Gasteiger partial charge in [0.1, 0.15) is 11.5 Å². The third kappa shape index (κ3) is 7.46. The lowest BCUT2D eigenvalue weighted by molar-refractivity contribution is -0.192. The third-order valence-corrected chi connectivity index (χ3v) is 5.37. The van der Waals surface area contributed by atoms with Crippen LogP contribution in [0.2, 0.25) is 0 Å². The first-order valence-corrected chi connectivity index (χ1v) is 9.42. The van der Waals surface area contributed by atoms with E-state index in [1.165, 1.54) is 12.1 Å². The van der Waals surface area contributed by atoms with Gasteiger partial charge in [-0.2, -0.15) is 17.5 Å². The Kier molecular flexibility index (Phi) is 8.62. The first kappa shape index (κ1) is 25.6. The van der Waals surface area contributed by atoms with Gasteiger partial charge in [0, 0.05) is 31.1 Å². The van der Waals surface area contributed by atoms with Crippen LogP contribution < -0.4 is 10.5 Å². The van der Waals surface area contributed by atoms with Crippen LogP contribution in [-0.4, -0.2) is 67.1 Å². The number of halogens is 6. The minimum absolute atomic E-state index is 0.0217. The van der Waals surface area contributed by atoms with Gasteiger partial charge in [-0.3, -0.25) is 0 Å². The van der Waals surface area contributed by atoms with Gasteiger partial charge in [0.05, 0.1) is 19.1 Å². The van der Waals surface area contributed by atoms with E-state index in [1.807, 2.05) is 0 Å². The lowest BCUT2D eigenvalue weighted by Gasteiger charge is -2.16. The van der Waals surface area contributed by atoms with Crippen LogP contribution in [-0.2, 0) is 14.8 Å². The van der Waals surface area contributed by atoms with E-state index in [4.69, 9.17) is 20.4 Å². The monoisotopic (exact) mass is 465 g/mol. The van der Waals surface area contributed by atoms with Crippen molar-refractivity contribution in [2.75, 3.05) is 26.2 Å². The van der Waals surface area contributed by atoms with E-state index in [9.17, 15) is 34.8 Å². The van der Waals surface area contributed by atoms with Gasteiger partial charge in [-0.1, -0.05) is 0 Å². The van der Waals surface area contributed by atoms with Crippen molar-refractivity contribution in [2.45, 2.75) is 23.4 Å². The average Bonchev–Trinajstić information content (AvgIpc) is 3.03. The first-order valence-electron chi connectivity index (χ1n) is 7.98. The minimum atomic E-state index is -5.08. The Morgan fingerprint density at radius 1 is 1.37 bits per heavy atom. The number of hydrogen-bond donors (Lipinski definition) is 2. The van der Waals surface area contributed by atoms with Crippen molar-refractivity contribution in [3.63, 3.8) is 0 Å². The summed E-state index contributed by atoms with van der Waals surface area (Å²) in [6.45, 7) is -1.22. The molecule has 1 fully saturated rings. The van der Waals surface area contributed by atoms with Crippen LogP contribution in [0.5, 0.6) is 5.88 Å². The predicted octanol–water partition coefficient (Wildman–Crippen LogP) is 1.94. The zero-order chi connectivity index (χ0) is 23.2. The zero-order valence-corrected chi connectivity index (χ0v) is 15.9. The topological polar surface area (TPSA) is 123 Å². The van der Waals surface area contributed by atoms with E-state index in [1.54, 1.807) is 0 Å². The molecule has 1 saturated heterocycles. The number of nitrogens with zero attached hydrogens (tertiary/aromatic N) is 2. The molecule has 0 unspecified atom stereocenters. The van der Waals surface area contributed by atoms with Gasteiger partial charge in [-0.15, -0.1) is 0 Å². The Labute approximate surface area is 167 Å². The number of rotatable bonds is 6. The molecule has 0 amide bonds. The molecule has 0 saturated carbocycles. The number of ether oxygens (including phenoxy) is 1. The van der Waals surface area contributed by atoms with Crippen LogP contribution >= 0.6 is 0 Å². The molecule has 0 spiro atoms. The van der Waals surface area contributed by atoms with Gasteiger partial charge >= 0.3 is 12.1 Å². The number of aliphatic carboxylic acids is 1. The summed E-state index contributed by atoms with van der Waals surface area (Å²) in [6, 6.07) is 2.48. The van der Waals surface area contributed by atoms with E-state index < -0.39 is 41.1 Å². The molecule has 30 heavy (non-hydrogen) atoms. The number of alkyl halides is 5. The van der Waals surface area contributed by atoms with Crippen molar-refractivity contribution in [3.8, 4) is 5.88 Å². The Morgan fingerprint density at radius 2 is 1.97 bits per heavy atom. The fourth-order valence-electron chi connectivity index (χ4n) is 1.96. The molecule has 1 aromatic heterocycles. The number of aromatic nitrogens is 1. The SMILES string of the molecule is NC/C(=C\F)COc1ccc(S(=O)(=O)N2CCC(F)(F)C2)cn1.O=C(O)C(F)(F)F. The molecule has 0 bridgehead atoms. The van der Waals surface area contributed by atoms with Gasteiger partial charge in [0.25, 0.3) is 5.92 Å². The minimum Gasteiger partial charge on any atom is -0.475 e. The molecular weight excluding hydrogens is 448 g/mol. The fourth-order valence-corrected chi connectivity index (χ4v) is 3.38. The van der Waals surface area contributed by atoms with Crippen LogP contribution in [0.1, 0.15) is 6.42 Å². The number of pyridine rings is 1. The lowest BCUT2D eigenvalue weighted by Crippen LogP contribution is -2.31. The predicted molar refractivity (Wildman–Crippen MR) is 90.0 cm³/mol. The van der Waals surface area contributed by atoms with Crippen LogP contribution in [0.4, 0.5) is 26.3 Å². The second-order valence-electron chi connectivity index (χ2n) is 5.84. The molecule has 3 N–H and O–H groups in total. The van der Waals surface area contributed by atoms with Gasteiger partial charge in [0.2, 0.25) is 15.9 Å². The highest BCUT2D eigenvalue weighted by Crippen LogP contribution is 2.31. The smallest absolute Gasteiger partial charge is 0.475 e. The van der Waals surface area contributed by atoms with E-state index in [0.29, 0.717) is 6.33 Å². The van der Waals surface area contributed by atoms with Crippen molar-refractivity contribution >= 4 is 16.0 Å². The van der Waals surface area contributed by atoms with E-state index in [0.717, 1.165) is 10.5 Å². The van der Waals surface area contributed by atoms with Crippen LogP contribution in [0.25, 0.3) is 0 Å². The van der Waals surface area contributed by atoms with Gasteiger partial charge in [0.15, 0.2) is 0 Å². The number of hydrogen-bond acceptors (Lipinski definition) is 6. The number of carboxylic acid groups (broad SMARTS) is 1. The second kappa shape index (κ2) is 10.1. The molecule has 2 rings (SSSR count). The molecule has 1 aromatic rings. The molecule has 2 heterocycles. The fraction of sp³-hybridized carbons (Fsp3) is 0.467. The number of nitrogens with two attached hydrogens (primary N) is 1. The van der Waals surface area contributed by atoms with Crippen molar-refractivity contribution in [2.24, 2.45) is 5.73 Å². The van der Waals surface area contributed by atoms with Crippen LogP contribution in [0.15, 0.2) is 35.1 Å². The standard InChI is InChI=1S/C13H16F3N3O3S.C2HF3O2/c14-5-10(6-17)8-22-12-2-1-11(7-18-12)23(20,21)19-4-3-13(15,16)9-19;3-2(4,5)1(6)7/h1-2,5,7H,3-4,6,8-9,17H2;(H,6,7)/b10-5+;. The van der Waals surface area contributed by atoms with Crippen molar-refractivity contribution in [1.82, 2.24) is 9.29 Å². The maximum atomic E-state index is 13.2. The van der Waals surface area contributed by atoms with Crippen LogP contribution in [0.3, 0.4) is 0 Å². The van der Waals surface area contributed by atoms with Crippen molar-refractivity contribution in [1.29, 1.82) is 0 Å². The van der Waals surface area contributed by atoms with E-state index >= 15 is 0 Å². The molecule has 15 heteroatoms. The largest absolute Gasteiger partial charge is 0.490 e. The van der Waals surface area contributed by atoms with Gasteiger partial charge < -0.3 is 15.6 Å². The third-order valence-electron chi connectivity index (χ3n) is 3.55.